The number of nitrogens with zero attached hydrogens (tertiary/aromatic N) is 2. The van der Waals surface area contributed by atoms with Crippen molar-refractivity contribution in [2.75, 3.05) is 11.1 Å². The molecule has 0 aliphatic rings. The summed E-state index contributed by atoms with van der Waals surface area (Å²) >= 11 is 0. The summed E-state index contributed by atoms with van der Waals surface area (Å²) in [5.41, 5.74) is 7.19. The fourth-order valence-electron chi connectivity index (χ4n) is 1.42. The third-order valence-electron chi connectivity index (χ3n) is 2.26. The van der Waals surface area contributed by atoms with Crippen molar-refractivity contribution < 1.29 is 4.39 Å². The smallest absolute Gasteiger partial charge is 0.126 e. The van der Waals surface area contributed by atoms with Crippen LogP contribution in [0.4, 0.5) is 15.9 Å². The van der Waals surface area contributed by atoms with Crippen molar-refractivity contribution >= 4 is 11.5 Å². The summed E-state index contributed by atoms with van der Waals surface area (Å²) < 4.78 is 13.1. The van der Waals surface area contributed by atoms with Crippen LogP contribution in [0, 0.1) is 17.1 Å². The minimum absolute atomic E-state index is 0.271. The Morgan fingerprint density at radius 1 is 1.47 bits per heavy atom. The lowest BCUT2D eigenvalue weighted by atomic mass is 10.2. The molecule has 0 atom stereocenters. The summed E-state index contributed by atoms with van der Waals surface area (Å²) in [6, 6.07) is 5.95. The van der Waals surface area contributed by atoms with Gasteiger partial charge in [0.15, 0.2) is 0 Å². The van der Waals surface area contributed by atoms with E-state index in [2.05, 4.69) is 15.5 Å². The highest BCUT2D eigenvalue weighted by Crippen LogP contribution is 2.15. The van der Waals surface area contributed by atoms with Gasteiger partial charge in [0.05, 0.1) is 17.8 Å². The molecular formula is C11H10FN5. The molecule has 1 heterocycles. The van der Waals surface area contributed by atoms with Gasteiger partial charge in [-0.05, 0) is 18.2 Å². The lowest BCUT2D eigenvalue weighted by molar-refractivity contribution is 0.627. The molecule has 0 aliphatic heterocycles. The molecular weight excluding hydrogens is 221 g/mol. The van der Waals surface area contributed by atoms with Gasteiger partial charge in [-0.3, -0.25) is 5.10 Å². The van der Waals surface area contributed by atoms with Crippen LogP contribution in [0.25, 0.3) is 0 Å². The van der Waals surface area contributed by atoms with Crippen molar-refractivity contribution in [1.29, 1.82) is 5.26 Å². The maximum atomic E-state index is 13.1. The number of rotatable bonds is 3. The zero-order valence-electron chi connectivity index (χ0n) is 8.87. The molecule has 86 valence electrons. The molecule has 0 saturated carbocycles. The van der Waals surface area contributed by atoms with Crippen LogP contribution in [-0.4, -0.2) is 10.2 Å². The molecule has 17 heavy (non-hydrogen) atoms. The van der Waals surface area contributed by atoms with Crippen LogP contribution in [0.1, 0.15) is 11.1 Å². The molecule has 0 amide bonds. The molecule has 0 radical (unpaired) electrons. The molecule has 1 aromatic carbocycles. The number of hydrogen-bond acceptors (Lipinski definition) is 4. The Morgan fingerprint density at radius 3 is 2.94 bits per heavy atom. The number of hydrogen-bond donors (Lipinski definition) is 3. The molecule has 4 N–H and O–H groups in total. The van der Waals surface area contributed by atoms with Crippen molar-refractivity contribution in [2.24, 2.45) is 0 Å². The summed E-state index contributed by atoms with van der Waals surface area (Å²) in [4.78, 5) is 0. The second-order valence-electron chi connectivity index (χ2n) is 3.50. The minimum atomic E-state index is -0.452. The zero-order valence-corrected chi connectivity index (χ0v) is 8.87. The van der Waals surface area contributed by atoms with Gasteiger partial charge in [0.25, 0.3) is 0 Å². The van der Waals surface area contributed by atoms with Gasteiger partial charge in [0.1, 0.15) is 11.6 Å². The lowest BCUT2D eigenvalue weighted by Gasteiger charge is -2.06. The van der Waals surface area contributed by atoms with Gasteiger partial charge in [-0.2, -0.15) is 10.4 Å². The number of aromatic nitrogens is 2. The molecule has 0 bridgehead atoms. The average Bonchev–Trinajstić information content (AvgIpc) is 2.71. The Morgan fingerprint density at radius 2 is 2.29 bits per heavy atom. The molecule has 2 aromatic rings. The highest BCUT2D eigenvalue weighted by molar-refractivity contribution is 5.51. The van der Waals surface area contributed by atoms with E-state index in [1.807, 2.05) is 6.07 Å². The molecule has 0 saturated heterocycles. The molecule has 0 unspecified atom stereocenters. The summed E-state index contributed by atoms with van der Waals surface area (Å²) in [5.74, 6) is 0.0149. The van der Waals surface area contributed by atoms with Crippen LogP contribution in [0.2, 0.25) is 0 Å². The molecule has 0 spiro atoms. The number of halogens is 1. The quantitative estimate of drug-likeness (QED) is 0.748. The Bertz CT molecular complexity index is 569. The summed E-state index contributed by atoms with van der Waals surface area (Å²) in [7, 11) is 0. The lowest BCUT2D eigenvalue weighted by Crippen LogP contribution is -2.02. The standard InChI is InChI=1S/C11H10FN5/c12-9-1-7(4-13)2-10(3-9)15-5-8-6-16-17-11(8)14/h1-3,6,15H,5H2,(H3,14,16,17). The van der Waals surface area contributed by atoms with Crippen LogP contribution in [0.3, 0.4) is 0 Å². The Labute approximate surface area is 97.1 Å². The number of H-pyrrole nitrogens is 1. The van der Waals surface area contributed by atoms with Crippen LogP contribution in [0.15, 0.2) is 24.4 Å². The molecule has 1 aromatic heterocycles. The van der Waals surface area contributed by atoms with Crippen molar-refractivity contribution in [2.45, 2.75) is 6.54 Å². The maximum Gasteiger partial charge on any atom is 0.126 e. The second-order valence-corrected chi connectivity index (χ2v) is 3.50. The summed E-state index contributed by atoms with van der Waals surface area (Å²) in [6.45, 7) is 0.413. The van der Waals surface area contributed by atoms with E-state index in [1.54, 1.807) is 12.3 Å². The summed E-state index contributed by atoms with van der Waals surface area (Å²) in [6.07, 6.45) is 1.59. The van der Waals surface area contributed by atoms with Gasteiger partial charge in [-0.15, -0.1) is 0 Å². The largest absolute Gasteiger partial charge is 0.384 e. The molecule has 5 nitrogen and oxygen atoms in total. The fraction of sp³-hybridized carbons (Fsp3) is 0.0909. The molecule has 6 heteroatoms. The molecule has 0 aliphatic carbocycles. The zero-order chi connectivity index (χ0) is 12.3. The second kappa shape index (κ2) is 4.53. The van der Waals surface area contributed by atoms with E-state index < -0.39 is 5.82 Å². The van der Waals surface area contributed by atoms with Gasteiger partial charge in [-0.1, -0.05) is 0 Å². The number of benzene rings is 1. The van der Waals surface area contributed by atoms with Gasteiger partial charge in [0, 0.05) is 17.8 Å². The van der Waals surface area contributed by atoms with Crippen molar-refractivity contribution in [3.8, 4) is 6.07 Å². The van der Waals surface area contributed by atoms with Crippen LogP contribution in [0.5, 0.6) is 0 Å². The molecule has 2 rings (SSSR count). The first-order chi connectivity index (χ1) is 8.19. The predicted octanol–water partition coefficient (Wildman–Crippen LogP) is 1.61. The normalized spacial score (nSPS) is 9.88. The van der Waals surface area contributed by atoms with Gasteiger partial charge < -0.3 is 11.1 Å². The van der Waals surface area contributed by atoms with Crippen LogP contribution in [-0.2, 0) is 6.54 Å². The van der Waals surface area contributed by atoms with Crippen LogP contribution < -0.4 is 11.1 Å². The highest BCUT2D eigenvalue weighted by atomic mass is 19.1. The Hall–Kier alpha value is -2.55. The Kier molecular flexibility index (Phi) is 2.92. The van der Waals surface area contributed by atoms with Gasteiger partial charge in [-0.25, -0.2) is 4.39 Å². The van der Waals surface area contributed by atoms with Gasteiger partial charge >= 0.3 is 0 Å². The predicted molar refractivity (Wildman–Crippen MR) is 61.4 cm³/mol. The van der Waals surface area contributed by atoms with E-state index in [9.17, 15) is 4.39 Å². The number of nitrogens with two attached hydrogens (primary N) is 1. The number of anilines is 2. The number of nitriles is 1. The average molecular weight is 231 g/mol. The van der Waals surface area contributed by atoms with E-state index in [4.69, 9.17) is 11.0 Å². The molecule has 0 fully saturated rings. The third-order valence-corrected chi connectivity index (χ3v) is 2.26. The maximum absolute atomic E-state index is 13.1. The van der Waals surface area contributed by atoms with E-state index in [0.29, 0.717) is 18.1 Å². The Balaban J connectivity index is 2.12. The summed E-state index contributed by atoms with van der Waals surface area (Å²) in [5, 5.41) is 18.0. The number of nitrogens with one attached hydrogen (secondary N) is 2. The van der Waals surface area contributed by atoms with Crippen molar-refractivity contribution in [1.82, 2.24) is 10.2 Å². The first kappa shape index (κ1) is 11.0. The van der Waals surface area contributed by atoms with Crippen molar-refractivity contribution in [3.63, 3.8) is 0 Å². The fourth-order valence-corrected chi connectivity index (χ4v) is 1.42. The first-order valence-electron chi connectivity index (χ1n) is 4.91. The number of nitrogen functional groups attached to an aromatic ring is 1. The van der Waals surface area contributed by atoms with Crippen molar-refractivity contribution in [3.05, 3.63) is 41.3 Å². The van der Waals surface area contributed by atoms with E-state index in [0.717, 1.165) is 5.56 Å². The van der Waals surface area contributed by atoms with E-state index >= 15 is 0 Å². The third kappa shape index (κ3) is 2.52. The highest BCUT2D eigenvalue weighted by Gasteiger charge is 2.03. The van der Waals surface area contributed by atoms with Crippen LogP contribution >= 0.6 is 0 Å². The van der Waals surface area contributed by atoms with E-state index in [1.165, 1.54) is 12.1 Å². The first-order valence-corrected chi connectivity index (χ1v) is 4.91. The number of aromatic amines is 1. The monoisotopic (exact) mass is 231 g/mol. The van der Waals surface area contributed by atoms with E-state index in [-0.39, 0.29) is 5.56 Å². The SMILES string of the molecule is N#Cc1cc(F)cc(NCc2cn[nH]c2N)c1. The minimum Gasteiger partial charge on any atom is -0.384 e. The van der Waals surface area contributed by atoms with Gasteiger partial charge in [0.2, 0.25) is 0 Å². The topological polar surface area (TPSA) is 90.5 Å².